The fourth-order valence-electron chi connectivity index (χ4n) is 5.15. The number of carbonyl (C=O) groups excluding carboxylic acids is 1. The smallest absolute Gasteiger partial charge is 0.307 e. The van der Waals surface area contributed by atoms with E-state index in [0.717, 1.165) is 22.3 Å². The molecular weight excluding hydrogens is 500 g/mol. The third-order valence-corrected chi connectivity index (χ3v) is 7.22. The third-order valence-electron chi connectivity index (χ3n) is 7.22. The molecule has 1 fully saturated rings. The number of halogens is 2. The molecule has 0 bridgehead atoms. The first kappa shape index (κ1) is 26.3. The highest BCUT2D eigenvalue weighted by molar-refractivity contribution is 6.03. The standard InChI is InChI=1S/C32H27F2NO4/c33-25-11-9-23(10-12-25)29(36)18-17-28-31(35(32(28)39)27-15-13-26(34)14-16-27)24-7-5-22(6-8-24)21-3-1-20(2-4-21)19-30(37)38/h1-16,28-29,31,36H,17-19H2,(H,37,38)/t28?,29-,31?/m0/s1. The van der Waals surface area contributed by atoms with Crippen LogP contribution in [0.15, 0.2) is 97.1 Å². The first-order valence-electron chi connectivity index (χ1n) is 12.7. The fraction of sp³-hybridized carbons (Fsp3) is 0.188. The Kier molecular flexibility index (Phi) is 7.52. The van der Waals surface area contributed by atoms with Gasteiger partial charge in [0.25, 0.3) is 0 Å². The maximum Gasteiger partial charge on any atom is 0.307 e. The third kappa shape index (κ3) is 5.73. The van der Waals surface area contributed by atoms with Gasteiger partial charge in [0, 0.05) is 5.69 Å². The first-order valence-corrected chi connectivity index (χ1v) is 12.7. The molecule has 0 saturated carbocycles. The molecule has 1 aliphatic rings. The highest BCUT2D eigenvalue weighted by atomic mass is 19.1. The fourth-order valence-corrected chi connectivity index (χ4v) is 5.15. The van der Waals surface area contributed by atoms with Crippen molar-refractivity contribution in [3.8, 4) is 11.1 Å². The van der Waals surface area contributed by atoms with E-state index >= 15 is 0 Å². The molecule has 0 radical (unpaired) electrons. The van der Waals surface area contributed by atoms with E-state index < -0.39 is 12.1 Å². The highest BCUT2D eigenvalue weighted by Gasteiger charge is 2.48. The summed E-state index contributed by atoms with van der Waals surface area (Å²) in [5.74, 6) is -2.13. The van der Waals surface area contributed by atoms with Crippen LogP contribution in [-0.4, -0.2) is 22.1 Å². The summed E-state index contributed by atoms with van der Waals surface area (Å²) in [7, 11) is 0. The molecule has 4 aromatic rings. The molecule has 0 aromatic heterocycles. The number of rotatable bonds is 9. The molecule has 4 aromatic carbocycles. The van der Waals surface area contributed by atoms with Gasteiger partial charge >= 0.3 is 5.97 Å². The lowest BCUT2D eigenvalue weighted by Gasteiger charge is -2.48. The summed E-state index contributed by atoms with van der Waals surface area (Å²) in [4.78, 5) is 25.9. The van der Waals surface area contributed by atoms with Crippen molar-refractivity contribution in [2.75, 3.05) is 4.90 Å². The molecule has 1 aliphatic heterocycles. The Balaban J connectivity index is 1.37. The monoisotopic (exact) mass is 527 g/mol. The van der Waals surface area contributed by atoms with Gasteiger partial charge in [-0.25, -0.2) is 8.78 Å². The number of carboxylic acids is 1. The Morgan fingerprint density at radius 2 is 1.33 bits per heavy atom. The number of hydrogen-bond donors (Lipinski definition) is 2. The zero-order valence-electron chi connectivity index (χ0n) is 21.0. The molecule has 1 amide bonds. The first-order chi connectivity index (χ1) is 18.8. The van der Waals surface area contributed by atoms with E-state index in [0.29, 0.717) is 24.1 Å². The molecule has 0 aliphatic carbocycles. The Hall–Kier alpha value is -4.36. The maximum absolute atomic E-state index is 13.6. The Morgan fingerprint density at radius 1 is 0.795 bits per heavy atom. The molecule has 1 saturated heterocycles. The van der Waals surface area contributed by atoms with Crippen LogP contribution >= 0.6 is 0 Å². The van der Waals surface area contributed by atoms with Crippen molar-refractivity contribution in [3.63, 3.8) is 0 Å². The van der Waals surface area contributed by atoms with E-state index in [1.165, 1.54) is 36.4 Å². The van der Waals surface area contributed by atoms with Gasteiger partial charge in [0.05, 0.1) is 24.5 Å². The van der Waals surface area contributed by atoms with Crippen molar-refractivity contribution in [1.82, 2.24) is 0 Å². The van der Waals surface area contributed by atoms with Gasteiger partial charge in [-0.2, -0.15) is 0 Å². The molecule has 2 N–H and O–H groups in total. The second-order valence-corrected chi connectivity index (χ2v) is 9.77. The number of amides is 1. The zero-order valence-corrected chi connectivity index (χ0v) is 21.0. The van der Waals surface area contributed by atoms with Crippen LogP contribution in [0.5, 0.6) is 0 Å². The van der Waals surface area contributed by atoms with Gasteiger partial charge in [-0.3, -0.25) is 9.59 Å². The summed E-state index contributed by atoms with van der Waals surface area (Å²) in [6, 6.07) is 26.4. The topological polar surface area (TPSA) is 77.8 Å². The summed E-state index contributed by atoms with van der Waals surface area (Å²) in [6.07, 6.45) is -0.112. The van der Waals surface area contributed by atoms with Gasteiger partial charge in [-0.15, -0.1) is 0 Å². The minimum absolute atomic E-state index is 0.0363. The number of β-lactam (4-membered cyclic amide) rings is 1. The van der Waals surface area contributed by atoms with Crippen molar-refractivity contribution >= 4 is 17.6 Å². The molecule has 39 heavy (non-hydrogen) atoms. The lowest BCUT2D eigenvalue weighted by molar-refractivity contribution is -0.136. The Labute approximate surface area is 225 Å². The molecule has 1 heterocycles. The largest absolute Gasteiger partial charge is 0.481 e. The minimum Gasteiger partial charge on any atom is -0.481 e. The second-order valence-electron chi connectivity index (χ2n) is 9.77. The Morgan fingerprint density at radius 3 is 1.90 bits per heavy atom. The summed E-state index contributed by atoms with van der Waals surface area (Å²) in [5.41, 5.74) is 4.70. The number of carbonyl (C=O) groups is 2. The molecule has 3 atom stereocenters. The number of nitrogens with zero attached hydrogens (tertiary/aromatic N) is 1. The lowest BCUT2D eigenvalue weighted by atomic mass is 9.78. The van der Waals surface area contributed by atoms with Gasteiger partial charge < -0.3 is 15.1 Å². The van der Waals surface area contributed by atoms with Crippen molar-refractivity contribution in [2.24, 2.45) is 5.92 Å². The van der Waals surface area contributed by atoms with Crippen LogP contribution in [0, 0.1) is 17.6 Å². The van der Waals surface area contributed by atoms with E-state index in [2.05, 4.69) is 0 Å². The lowest BCUT2D eigenvalue weighted by Crippen LogP contribution is -2.55. The number of carboxylic acid groups (broad SMARTS) is 1. The molecule has 5 rings (SSSR count). The van der Waals surface area contributed by atoms with Crippen LogP contribution in [0.2, 0.25) is 0 Å². The van der Waals surface area contributed by atoms with Crippen LogP contribution in [0.3, 0.4) is 0 Å². The summed E-state index contributed by atoms with van der Waals surface area (Å²) < 4.78 is 26.8. The number of aliphatic hydroxyl groups excluding tert-OH is 1. The van der Waals surface area contributed by atoms with Gasteiger partial charge in [-0.1, -0.05) is 60.7 Å². The molecule has 0 spiro atoms. The maximum atomic E-state index is 13.6. The number of aliphatic carboxylic acids is 1. The van der Waals surface area contributed by atoms with Crippen LogP contribution in [-0.2, 0) is 16.0 Å². The number of aliphatic hydroxyl groups is 1. The van der Waals surface area contributed by atoms with E-state index in [9.17, 15) is 23.5 Å². The van der Waals surface area contributed by atoms with Gasteiger partial charge in [-0.05, 0) is 77.1 Å². The van der Waals surface area contributed by atoms with Crippen LogP contribution in [0.25, 0.3) is 11.1 Å². The van der Waals surface area contributed by atoms with Crippen LogP contribution in [0.1, 0.15) is 41.7 Å². The van der Waals surface area contributed by atoms with E-state index in [1.807, 2.05) is 36.4 Å². The van der Waals surface area contributed by atoms with Crippen LogP contribution in [0.4, 0.5) is 14.5 Å². The van der Waals surface area contributed by atoms with Crippen LogP contribution < -0.4 is 4.90 Å². The summed E-state index contributed by atoms with van der Waals surface area (Å²) in [6.45, 7) is 0. The van der Waals surface area contributed by atoms with E-state index in [4.69, 9.17) is 5.11 Å². The Bertz CT molecular complexity index is 1450. The molecule has 198 valence electrons. The van der Waals surface area contributed by atoms with Crippen molar-refractivity contribution < 1.29 is 28.6 Å². The summed E-state index contributed by atoms with van der Waals surface area (Å²) >= 11 is 0. The highest BCUT2D eigenvalue weighted by Crippen LogP contribution is 2.46. The number of hydrogen-bond acceptors (Lipinski definition) is 3. The molecule has 2 unspecified atom stereocenters. The predicted octanol–water partition coefficient (Wildman–Crippen LogP) is 6.48. The van der Waals surface area contributed by atoms with E-state index in [-0.39, 0.29) is 35.9 Å². The average Bonchev–Trinajstić information content (AvgIpc) is 2.93. The van der Waals surface area contributed by atoms with Crippen molar-refractivity contribution in [2.45, 2.75) is 31.4 Å². The average molecular weight is 528 g/mol. The normalized spacial score (nSPS) is 17.5. The van der Waals surface area contributed by atoms with Crippen molar-refractivity contribution in [1.29, 1.82) is 0 Å². The zero-order chi connectivity index (χ0) is 27.5. The van der Waals surface area contributed by atoms with E-state index in [1.54, 1.807) is 29.2 Å². The number of benzene rings is 4. The number of anilines is 1. The second kappa shape index (κ2) is 11.2. The molecule has 7 heteroatoms. The molecule has 5 nitrogen and oxygen atoms in total. The summed E-state index contributed by atoms with van der Waals surface area (Å²) in [5, 5.41) is 19.6. The quantitative estimate of drug-likeness (QED) is 0.244. The SMILES string of the molecule is O=C(O)Cc1ccc(-c2ccc(C3C(CC[C@H](O)c4ccc(F)cc4)C(=O)N3c3ccc(F)cc3)cc2)cc1. The van der Waals surface area contributed by atoms with Gasteiger partial charge in [0.2, 0.25) is 5.91 Å². The predicted molar refractivity (Wildman–Crippen MR) is 144 cm³/mol. The minimum atomic E-state index is -0.882. The molecular formula is C32H27F2NO4. The van der Waals surface area contributed by atoms with Gasteiger partial charge in [0.15, 0.2) is 0 Å². The van der Waals surface area contributed by atoms with Crippen molar-refractivity contribution in [3.05, 3.63) is 125 Å². The van der Waals surface area contributed by atoms with Gasteiger partial charge in [0.1, 0.15) is 11.6 Å².